The van der Waals surface area contributed by atoms with Gasteiger partial charge >= 0.3 is 0 Å². The van der Waals surface area contributed by atoms with Gasteiger partial charge in [0.1, 0.15) is 0 Å². The first-order valence-corrected chi connectivity index (χ1v) is 4.45. The predicted molar refractivity (Wildman–Crippen MR) is 47.2 cm³/mol. The van der Waals surface area contributed by atoms with Gasteiger partial charge in [0.25, 0.3) is 0 Å². The highest BCUT2D eigenvalue weighted by atomic mass is 35.5. The predicted octanol–water partition coefficient (Wildman–Crippen LogP) is 1.19. The second-order valence-corrected chi connectivity index (χ2v) is 3.46. The molecule has 1 N–H and O–H groups in total. The van der Waals surface area contributed by atoms with E-state index in [1.165, 1.54) is 4.53 Å². The number of hydrazine groups is 1. The van der Waals surface area contributed by atoms with E-state index >= 15 is 0 Å². The first-order valence-electron chi connectivity index (χ1n) is 3.74. The molecule has 0 aromatic carbocycles. The van der Waals surface area contributed by atoms with E-state index in [4.69, 9.17) is 23.6 Å². The highest BCUT2D eigenvalue weighted by Crippen LogP contribution is 2.15. The summed E-state index contributed by atoms with van der Waals surface area (Å²) in [6.07, 6.45) is 2.14. The Morgan fingerprint density at radius 1 is 1.45 bits per heavy atom. The summed E-state index contributed by atoms with van der Waals surface area (Å²) in [4.78, 5) is 4.69. The molecule has 0 amide bonds. The molecule has 1 rings (SSSR count). The quantitative estimate of drug-likeness (QED) is 0.531. The van der Waals surface area contributed by atoms with Crippen LogP contribution in [-0.4, -0.2) is 35.6 Å². The first kappa shape index (κ1) is 9.55. The molecule has 1 aliphatic rings. The van der Waals surface area contributed by atoms with Crippen LogP contribution in [0.5, 0.6) is 0 Å². The van der Waals surface area contributed by atoms with Crippen molar-refractivity contribution in [2.45, 2.75) is 18.9 Å². The van der Waals surface area contributed by atoms with Crippen LogP contribution in [0.1, 0.15) is 12.8 Å². The number of nitrogens with one attached hydrogen (secondary N) is 1. The maximum atomic E-state index is 5.76. The second kappa shape index (κ2) is 4.48. The van der Waals surface area contributed by atoms with Gasteiger partial charge in [-0.15, -0.1) is 4.53 Å². The van der Waals surface area contributed by atoms with E-state index in [0.29, 0.717) is 6.04 Å². The Bertz CT molecular complexity index is 114. The molecule has 3 nitrogen and oxygen atoms in total. The van der Waals surface area contributed by atoms with Crippen LogP contribution < -0.4 is 4.94 Å². The molecule has 0 bridgehead atoms. The summed E-state index contributed by atoms with van der Waals surface area (Å²) in [5.74, 6) is 0. The van der Waals surface area contributed by atoms with Crippen molar-refractivity contribution >= 4 is 23.6 Å². The van der Waals surface area contributed by atoms with Crippen LogP contribution >= 0.6 is 23.6 Å². The lowest BCUT2D eigenvalue weighted by Gasteiger charge is -2.31. The minimum atomic E-state index is 0.366. The minimum absolute atomic E-state index is 0.366. The SMILES string of the molecule is CN1CCC(N(Cl)NCl)CC1. The molecular formula is C6H13Cl2N3. The van der Waals surface area contributed by atoms with Crippen molar-refractivity contribution in [3.05, 3.63) is 0 Å². The standard InChI is InChI=1S/C6H13Cl2N3/c1-10-4-2-6(3-5-10)11(8)9-7/h6,9H,2-5H2,1H3. The molecule has 0 spiro atoms. The van der Waals surface area contributed by atoms with Crippen LogP contribution in [0.25, 0.3) is 0 Å². The topological polar surface area (TPSA) is 18.5 Å². The molecule has 0 aromatic heterocycles. The second-order valence-electron chi connectivity index (χ2n) is 2.93. The fourth-order valence-corrected chi connectivity index (χ4v) is 1.62. The van der Waals surface area contributed by atoms with Crippen molar-refractivity contribution in [2.24, 2.45) is 0 Å². The highest BCUT2D eigenvalue weighted by molar-refractivity contribution is 6.19. The van der Waals surface area contributed by atoms with E-state index in [0.717, 1.165) is 25.9 Å². The average Bonchev–Trinajstić information content (AvgIpc) is 2.05. The van der Waals surface area contributed by atoms with Gasteiger partial charge in [-0.05, 0) is 56.5 Å². The lowest BCUT2D eigenvalue weighted by Crippen LogP contribution is -2.42. The molecule has 1 saturated heterocycles. The van der Waals surface area contributed by atoms with Gasteiger partial charge in [0.2, 0.25) is 0 Å². The van der Waals surface area contributed by atoms with Crippen LogP contribution in [0.3, 0.4) is 0 Å². The van der Waals surface area contributed by atoms with Gasteiger partial charge in [-0.25, -0.2) is 0 Å². The lowest BCUT2D eigenvalue weighted by molar-refractivity contribution is 0.176. The van der Waals surface area contributed by atoms with Gasteiger partial charge in [0.05, 0.1) is 0 Å². The Morgan fingerprint density at radius 2 is 2.00 bits per heavy atom. The van der Waals surface area contributed by atoms with Crippen LogP contribution in [0.2, 0.25) is 0 Å². The van der Waals surface area contributed by atoms with Crippen LogP contribution in [0, 0.1) is 0 Å². The number of piperidine rings is 1. The summed E-state index contributed by atoms with van der Waals surface area (Å²) in [7, 11) is 2.11. The van der Waals surface area contributed by atoms with E-state index in [1.54, 1.807) is 0 Å². The Kier molecular flexibility index (Phi) is 3.89. The Labute approximate surface area is 77.4 Å². The summed E-state index contributed by atoms with van der Waals surface area (Å²) in [6, 6.07) is 0.366. The third kappa shape index (κ3) is 2.76. The van der Waals surface area contributed by atoms with Crippen molar-refractivity contribution in [3.8, 4) is 0 Å². The fourth-order valence-electron chi connectivity index (χ4n) is 1.29. The number of likely N-dealkylation sites (tertiary alicyclic amines) is 1. The van der Waals surface area contributed by atoms with Crippen molar-refractivity contribution in [1.29, 1.82) is 0 Å². The molecule has 0 radical (unpaired) electrons. The normalized spacial score (nSPS) is 22.9. The minimum Gasteiger partial charge on any atom is -0.306 e. The maximum absolute atomic E-state index is 5.76. The Balaban J connectivity index is 2.27. The molecule has 1 heterocycles. The van der Waals surface area contributed by atoms with E-state index in [1.807, 2.05) is 0 Å². The van der Waals surface area contributed by atoms with Crippen LogP contribution in [0.4, 0.5) is 0 Å². The van der Waals surface area contributed by atoms with Crippen molar-refractivity contribution in [1.82, 2.24) is 14.4 Å². The van der Waals surface area contributed by atoms with Gasteiger partial charge in [-0.3, -0.25) is 0 Å². The van der Waals surface area contributed by atoms with Crippen molar-refractivity contribution in [3.63, 3.8) is 0 Å². The number of nitrogens with zero attached hydrogens (tertiary/aromatic N) is 2. The number of hydrogen-bond donors (Lipinski definition) is 1. The molecule has 0 saturated carbocycles. The summed E-state index contributed by atoms with van der Waals surface area (Å²) >= 11 is 11.1. The van der Waals surface area contributed by atoms with Gasteiger partial charge in [0.15, 0.2) is 0 Å². The molecule has 0 atom stereocenters. The third-order valence-electron chi connectivity index (χ3n) is 2.09. The molecule has 11 heavy (non-hydrogen) atoms. The van der Waals surface area contributed by atoms with Gasteiger partial charge in [-0.2, -0.15) is 4.94 Å². The van der Waals surface area contributed by atoms with Crippen LogP contribution in [0.15, 0.2) is 0 Å². The lowest BCUT2D eigenvalue weighted by atomic mass is 10.1. The van der Waals surface area contributed by atoms with Crippen molar-refractivity contribution < 1.29 is 0 Å². The summed E-state index contributed by atoms with van der Waals surface area (Å²) in [5, 5.41) is 0. The molecule has 0 aliphatic carbocycles. The first-order chi connectivity index (χ1) is 5.24. The van der Waals surface area contributed by atoms with E-state index < -0.39 is 0 Å². The molecule has 0 aromatic rings. The molecule has 1 aliphatic heterocycles. The highest BCUT2D eigenvalue weighted by Gasteiger charge is 2.21. The zero-order valence-electron chi connectivity index (χ0n) is 6.56. The monoisotopic (exact) mass is 197 g/mol. The van der Waals surface area contributed by atoms with E-state index in [9.17, 15) is 0 Å². The summed E-state index contributed by atoms with van der Waals surface area (Å²) in [5.41, 5.74) is 0. The van der Waals surface area contributed by atoms with E-state index in [2.05, 4.69) is 16.9 Å². The number of hydrogen-bond acceptors (Lipinski definition) is 3. The molecule has 66 valence electrons. The largest absolute Gasteiger partial charge is 0.306 e. The zero-order valence-corrected chi connectivity index (χ0v) is 8.07. The summed E-state index contributed by atoms with van der Waals surface area (Å²) in [6.45, 7) is 2.18. The smallest absolute Gasteiger partial charge is 0.0445 e. The average molecular weight is 198 g/mol. The van der Waals surface area contributed by atoms with E-state index in [-0.39, 0.29) is 0 Å². The Morgan fingerprint density at radius 3 is 2.45 bits per heavy atom. The third-order valence-corrected chi connectivity index (χ3v) is 2.72. The zero-order chi connectivity index (χ0) is 8.27. The van der Waals surface area contributed by atoms with Gasteiger partial charge in [0, 0.05) is 6.04 Å². The van der Waals surface area contributed by atoms with Gasteiger partial charge < -0.3 is 4.90 Å². The summed E-state index contributed by atoms with van der Waals surface area (Å²) < 4.78 is 1.45. The van der Waals surface area contributed by atoms with Crippen LogP contribution in [-0.2, 0) is 0 Å². The fraction of sp³-hybridized carbons (Fsp3) is 1.00. The molecule has 1 fully saturated rings. The maximum Gasteiger partial charge on any atom is 0.0445 e. The number of rotatable bonds is 2. The molecule has 5 heteroatoms. The Hall–Kier alpha value is 0.460. The van der Waals surface area contributed by atoms with Crippen molar-refractivity contribution in [2.75, 3.05) is 20.1 Å². The van der Waals surface area contributed by atoms with Gasteiger partial charge in [-0.1, -0.05) is 0 Å². The molecular weight excluding hydrogens is 185 g/mol. The molecule has 0 unspecified atom stereocenters. The number of halogens is 2.